The molecule has 0 aromatic rings. The van der Waals surface area contributed by atoms with Crippen molar-refractivity contribution in [3.63, 3.8) is 0 Å². The lowest BCUT2D eigenvalue weighted by Crippen LogP contribution is -2.54. The number of halogens is 1. The molecule has 0 fully saturated rings. The summed E-state index contributed by atoms with van der Waals surface area (Å²) in [4.78, 5) is -0.282. The molecule has 1 N–H and O–H groups in total. The summed E-state index contributed by atoms with van der Waals surface area (Å²) in [7, 11) is -8.71. The summed E-state index contributed by atoms with van der Waals surface area (Å²) >= 11 is 1.23. The quantitative estimate of drug-likeness (QED) is 0.460. The predicted molar refractivity (Wildman–Crippen MR) is 103 cm³/mol. The molecule has 0 saturated heterocycles. The summed E-state index contributed by atoms with van der Waals surface area (Å²) in [6.45, 7) is 13.0. The van der Waals surface area contributed by atoms with E-state index in [-0.39, 0.29) is 16.7 Å². The van der Waals surface area contributed by atoms with E-state index in [9.17, 15) is 21.4 Å². The van der Waals surface area contributed by atoms with Crippen LogP contribution < -0.4 is 0 Å². The first-order valence-electron chi connectivity index (χ1n) is 7.48. The first-order valence-corrected chi connectivity index (χ1v) is 11.2. The molecule has 0 radical (unpaired) electrons. The standard InChI is InChI=1S/C15H25IO6S2/c1-7-15(10-13(3,4)5)8-11(2)12(23(17,18)22-16)9-14(15,6)24(19,20)21/h9H,2,7-8,10H2,1,3-6H3,(H,19,20,21). The summed E-state index contributed by atoms with van der Waals surface area (Å²) < 4.78 is 61.5. The zero-order valence-electron chi connectivity index (χ0n) is 14.6. The highest BCUT2D eigenvalue weighted by Crippen LogP contribution is 2.56. The smallest absolute Gasteiger partial charge is 0.285 e. The molecule has 1 rings (SSSR count). The van der Waals surface area contributed by atoms with Crippen molar-refractivity contribution in [1.29, 1.82) is 0 Å². The van der Waals surface area contributed by atoms with Crippen LogP contribution in [0.5, 0.6) is 0 Å². The van der Waals surface area contributed by atoms with Gasteiger partial charge < -0.3 is 0 Å². The van der Waals surface area contributed by atoms with Gasteiger partial charge in [0, 0.05) is 0 Å². The van der Waals surface area contributed by atoms with Crippen LogP contribution in [0.25, 0.3) is 0 Å². The molecule has 2 atom stereocenters. The maximum absolute atomic E-state index is 12.3. The SMILES string of the molecule is C=C1CC(CC)(CC(C)(C)C)C(C)(S(=O)(=O)O)C=C1S(=O)(=O)OI. The van der Waals surface area contributed by atoms with Gasteiger partial charge in [0.05, 0.1) is 4.91 Å². The van der Waals surface area contributed by atoms with E-state index in [2.05, 4.69) is 9.09 Å². The molecule has 0 spiro atoms. The van der Waals surface area contributed by atoms with E-state index in [4.69, 9.17) is 0 Å². The second kappa shape index (κ2) is 6.64. The van der Waals surface area contributed by atoms with Crippen molar-refractivity contribution >= 4 is 43.2 Å². The lowest BCUT2D eigenvalue weighted by atomic mass is 9.60. The van der Waals surface area contributed by atoms with E-state index in [0.717, 1.165) is 6.08 Å². The number of hydrogen-bond donors (Lipinski definition) is 1. The fraction of sp³-hybridized carbons (Fsp3) is 0.733. The Hall–Kier alpha value is 0.0300. The molecule has 140 valence electrons. The average Bonchev–Trinajstić information content (AvgIpc) is 2.39. The van der Waals surface area contributed by atoms with Gasteiger partial charge in [0.1, 0.15) is 27.8 Å². The molecule has 6 nitrogen and oxygen atoms in total. The number of rotatable bonds is 5. The Bertz CT molecular complexity index is 760. The Labute approximate surface area is 159 Å². The molecule has 0 amide bonds. The van der Waals surface area contributed by atoms with E-state index in [0.29, 0.717) is 18.4 Å². The van der Waals surface area contributed by atoms with Crippen LogP contribution in [0.2, 0.25) is 0 Å². The minimum absolute atomic E-state index is 0.141. The maximum atomic E-state index is 12.3. The lowest BCUT2D eigenvalue weighted by Gasteiger charge is -2.50. The van der Waals surface area contributed by atoms with E-state index in [1.54, 1.807) is 0 Å². The van der Waals surface area contributed by atoms with Crippen molar-refractivity contribution in [3.8, 4) is 0 Å². The number of allylic oxidation sites excluding steroid dienone is 1. The first-order chi connectivity index (χ1) is 10.6. The Morgan fingerprint density at radius 2 is 1.83 bits per heavy atom. The molecule has 0 heterocycles. The minimum atomic E-state index is -4.58. The molecular formula is C15H25IO6S2. The van der Waals surface area contributed by atoms with Crippen LogP contribution in [0, 0.1) is 10.8 Å². The summed E-state index contributed by atoms with van der Waals surface area (Å²) in [5, 5.41) is 0. The topological polar surface area (TPSA) is 97.7 Å². The van der Waals surface area contributed by atoms with Crippen molar-refractivity contribution < 1.29 is 23.9 Å². The van der Waals surface area contributed by atoms with Gasteiger partial charge in [-0.3, -0.25) is 4.55 Å². The van der Waals surface area contributed by atoms with Crippen LogP contribution >= 0.6 is 23.0 Å². The van der Waals surface area contributed by atoms with Crippen molar-refractivity contribution in [2.24, 2.45) is 10.8 Å². The van der Waals surface area contributed by atoms with Gasteiger partial charge in [-0.1, -0.05) is 34.3 Å². The van der Waals surface area contributed by atoms with E-state index in [1.807, 2.05) is 27.7 Å². The van der Waals surface area contributed by atoms with Crippen LogP contribution in [0.15, 0.2) is 23.1 Å². The maximum Gasteiger partial charge on any atom is 0.306 e. The van der Waals surface area contributed by atoms with Crippen LogP contribution in [0.4, 0.5) is 0 Å². The zero-order valence-corrected chi connectivity index (χ0v) is 18.4. The molecular weight excluding hydrogens is 467 g/mol. The van der Waals surface area contributed by atoms with Gasteiger partial charge in [-0.05, 0) is 48.7 Å². The average molecular weight is 492 g/mol. The molecule has 0 aromatic carbocycles. The Morgan fingerprint density at radius 1 is 1.33 bits per heavy atom. The second-order valence-corrected chi connectivity index (χ2v) is 12.1. The lowest BCUT2D eigenvalue weighted by molar-refractivity contribution is 0.120. The molecule has 2 unspecified atom stereocenters. The van der Waals surface area contributed by atoms with Gasteiger partial charge >= 0.3 is 10.1 Å². The molecule has 0 aliphatic heterocycles. The molecule has 0 saturated carbocycles. The van der Waals surface area contributed by atoms with E-state index >= 15 is 0 Å². The third-order valence-electron chi connectivity index (χ3n) is 4.79. The second-order valence-electron chi connectivity index (χ2n) is 7.76. The third-order valence-corrected chi connectivity index (χ3v) is 8.95. The summed E-state index contributed by atoms with van der Waals surface area (Å²) in [5.74, 6) is 0. The largest absolute Gasteiger partial charge is 0.306 e. The molecule has 1 aliphatic carbocycles. The highest BCUT2D eigenvalue weighted by Gasteiger charge is 2.58. The Morgan fingerprint density at radius 3 is 2.17 bits per heavy atom. The summed E-state index contributed by atoms with van der Waals surface area (Å²) in [6.07, 6.45) is 2.15. The zero-order chi connectivity index (χ0) is 19.2. The van der Waals surface area contributed by atoms with Crippen LogP contribution in [-0.4, -0.2) is 26.1 Å². The van der Waals surface area contributed by atoms with Gasteiger partial charge in [0.15, 0.2) is 0 Å². The molecule has 0 aromatic heterocycles. The Kier molecular flexibility index (Phi) is 6.11. The van der Waals surface area contributed by atoms with Gasteiger partial charge in [-0.2, -0.15) is 19.3 Å². The summed E-state index contributed by atoms with van der Waals surface area (Å²) in [6, 6.07) is 0. The van der Waals surface area contributed by atoms with Crippen molar-refractivity contribution in [3.05, 3.63) is 23.1 Å². The Balaban J connectivity index is 3.81. The van der Waals surface area contributed by atoms with Crippen LogP contribution in [-0.2, 0) is 22.7 Å². The van der Waals surface area contributed by atoms with E-state index in [1.165, 1.54) is 29.9 Å². The highest BCUT2D eigenvalue weighted by atomic mass is 127. The van der Waals surface area contributed by atoms with Gasteiger partial charge in [-0.25, -0.2) is 0 Å². The van der Waals surface area contributed by atoms with Crippen molar-refractivity contribution in [2.75, 3.05) is 0 Å². The molecule has 9 heteroatoms. The minimum Gasteiger partial charge on any atom is -0.285 e. The monoisotopic (exact) mass is 492 g/mol. The first kappa shape index (κ1) is 22.1. The van der Waals surface area contributed by atoms with Crippen molar-refractivity contribution in [1.82, 2.24) is 0 Å². The molecule has 24 heavy (non-hydrogen) atoms. The van der Waals surface area contributed by atoms with Crippen LogP contribution in [0.1, 0.15) is 53.9 Å². The molecule has 1 aliphatic rings. The number of hydrogen-bond acceptors (Lipinski definition) is 5. The highest BCUT2D eigenvalue weighted by molar-refractivity contribution is 14.1. The molecule has 0 bridgehead atoms. The fourth-order valence-electron chi connectivity index (χ4n) is 3.66. The van der Waals surface area contributed by atoms with Crippen molar-refractivity contribution in [2.45, 2.75) is 58.6 Å². The third kappa shape index (κ3) is 3.89. The summed E-state index contributed by atoms with van der Waals surface area (Å²) in [5.41, 5.74) is -0.814. The fourth-order valence-corrected chi connectivity index (χ4v) is 6.29. The van der Waals surface area contributed by atoms with Crippen LogP contribution in [0.3, 0.4) is 0 Å². The van der Waals surface area contributed by atoms with Gasteiger partial charge in [0.25, 0.3) is 10.1 Å². The van der Waals surface area contributed by atoms with Gasteiger partial charge in [0.2, 0.25) is 0 Å². The normalized spacial score (nSPS) is 29.5. The van der Waals surface area contributed by atoms with E-state index < -0.39 is 30.4 Å². The predicted octanol–water partition coefficient (Wildman–Crippen LogP) is 4.01. The van der Waals surface area contributed by atoms with Gasteiger partial charge in [-0.15, -0.1) is 0 Å².